The number of fused-ring (bicyclic) bond motifs is 1. The van der Waals surface area contributed by atoms with E-state index >= 15 is 0 Å². The summed E-state index contributed by atoms with van der Waals surface area (Å²) in [5.41, 5.74) is 1.15. The number of rotatable bonds is 4. The van der Waals surface area contributed by atoms with E-state index in [1.165, 1.54) is 0 Å². The van der Waals surface area contributed by atoms with Gasteiger partial charge in [-0.05, 0) is 51.2 Å². The Labute approximate surface area is 161 Å². The Morgan fingerprint density at radius 1 is 1.26 bits per heavy atom. The molecule has 1 aliphatic carbocycles. The van der Waals surface area contributed by atoms with Gasteiger partial charge in [0.25, 0.3) is 5.91 Å². The number of carbonyl (C=O) groups excluding carboxylic acids is 2. The van der Waals surface area contributed by atoms with Crippen molar-refractivity contribution >= 4 is 11.8 Å². The van der Waals surface area contributed by atoms with Gasteiger partial charge in [0.1, 0.15) is 0 Å². The molecular formula is C22H30N2O3. The molecule has 27 heavy (non-hydrogen) atoms. The molecular weight excluding hydrogens is 340 g/mol. The smallest absolute Gasteiger partial charge is 0.254 e. The van der Waals surface area contributed by atoms with E-state index in [0.717, 1.165) is 50.7 Å². The third kappa shape index (κ3) is 3.16. The van der Waals surface area contributed by atoms with Crippen LogP contribution in [0.1, 0.15) is 74.2 Å². The van der Waals surface area contributed by atoms with Gasteiger partial charge >= 0.3 is 0 Å². The third-order valence-corrected chi connectivity index (χ3v) is 6.39. The SMILES string of the molecule is CC(C)NC(=O)[C@H]1c2ccccc2C(=O)N(C[C@H]2CCCO2)C12CCCC2. The Bertz CT molecular complexity index is 718. The lowest BCUT2D eigenvalue weighted by molar-refractivity contribution is -0.127. The number of hydrogen-bond acceptors (Lipinski definition) is 3. The zero-order chi connectivity index (χ0) is 19.0. The van der Waals surface area contributed by atoms with Crippen LogP contribution in [-0.2, 0) is 9.53 Å². The molecule has 0 aromatic heterocycles. The molecule has 2 atom stereocenters. The lowest BCUT2D eigenvalue weighted by atomic mass is 9.70. The van der Waals surface area contributed by atoms with Crippen molar-refractivity contribution in [3.05, 3.63) is 35.4 Å². The summed E-state index contributed by atoms with van der Waals surface area (Å²) in [7, 11) is 0. The van der Waals surface area contributed by atoms with Crippen LogP contribution in [0.25, 0.3) is 0 Å². The van der Waals surface area contributed by atoms with Crippen molar-refractivity contribution in [2.45, 2.75) is 76.0 Å². The summed E-state index contributed by atoms with van der Waals surface area (Å²) in [6, 6.07) is 7.76. The zero-order valence-electron chi connectivity index (χ0n) is 16.4. The standard InChI is InChI=1S/C22H30N2O3/c1-15(2)23-20(25)19-17-9-3-4-10-18(17)21(26)24(14-16-8-7-13-27-16)22(19)11-5-6-12-22/h3-4,9-10,15-16,19H,5-8,11-14H2,1-2H3,(H,23,25)/t16-,19-/m1/s1. The van der Waals surface area contributed by atoms with E-state index in [4.69, 9.17) is 4.74 Å². The monoisotopic (exact) mass is 370 g/mol. The molecule has 1 aromatic rings. The number of nitrogens with one attached hydrogen (secondary N) is 1. The fraction of sp³-hybridized carbons (Fsp3) is 0.636. The normalized spacial score (nSPS) is 26.6. The summed E-state index contributed by atoms with van der Waals surface area (Å²) in [4.78, 5) is 28.9. The minimum absolute atomic E-state index is 0.0455. The number of benzene rings is 1. The maximum atomic E-state index is 13.5. The minimum atomic E-state index is -0.420. The van der Waals surface area contributed by atoms with Crippen LogP contribution in [0.2, 0.25) is 0 Å². The van der Waals surface area contributed by atoms with E-state index in [9.17, 15) is 9.59 Å². The van der Waals surface area contributed by atoms with E-state index < -0.39 is 5.54 Å². The molecule has 0 radical (unpaired) electrons. The van der Waals surface area contributed by atoms with Gasteiger partial charge in [-0.3, -0.25) is 9.59 Å². The van der Waals surface area contributed by atoms with E-state index in [-0.39, 0.29) is 29.9 Å². The van der Waals surface area contributed by atoms with Gasteiger partial charge in [0.2, 0.25) is 5.91 Å². The quantitative estimate of drug-likeness (QED) is 0.885. The summed E-state index contributed by atoms with van der Waals surface area (Å²) in [6.45, 7) is 5.35. The fourth-order valence-corrected chi connectivity index (χ4v) is 5.29. The van der Waals surface area contributed by atoms with Crippen molar-refractivity contribution in [3.63, 3.8) is 0 Å². The molecule has 2 amide bonds. The molecule has 2 aliphatic heterocycles. The number of ether oxygens (including phenoxy) is 1. The average molecular weight is 370 g/mol. The second kappa shape index (κ2) is 7.27. The minimum Gasteiger partial charge on any atom is -0.376 e. The predicted molar refractivity (Wildman–Crippen MR) is 104 cm³/mol. The lowest BCUT2D eigenvalue weighted by Gasteiger charge is -2.50. The summed E-state index contributed by atoms with van der Waals surface area (Å²) in [5.74, 6) is -0.196. The maximum Gasteiger partial charge on any atom is 0.254 e. The molecule has 5 heteroatoms. The number of amides is 2. The van der Waals surface area contributed by atoms with Gasteiger partial charge in [0, 0.05) is 24.8 Å². The van der Waals surface area contributed by atoms with E-state index in [0.29, 0.717) is 12.1 Å². The van der Waals surface area contributed by atoms with Gasteiger partial charge in [-0.1, -0.05) is 31.0 Å². The predicted octanol–water partition coefficient (Wildman–Crippen LogP) is 3.24. The van der Waals surface area contributed by atoms with E-state index in [1.807, 2.05) is 43.0 Å². The van der Waals surface area contributed by atoms with Crippen LogP contribution in [0.5, 0.6) is 0 Å². The molecule has 4 rings (SSSR count). The average Bonchev–Trinajstić information content (AvgIpc) is 3.31. The summed E-state index contributed by atoms with van der Waals surface area (Å²) in [6.07, 6.45) is 6.01. The molecule has 5 nitrogen and oxygen atoms in total. The Balaban J connectivity index is 1.79. The van der Waals surface area contributed by atoms with Crippen LogP contribution in [-0.4, -0.2) is 47.6 Å². The van der Waals surface area contributed by atoms with Crippen molar-refractivity contribution in [2.75, 3.05) is 13.2 Å². The molecule has 1 aromatic carbocycles. The molecule has 2 heterocycles. The van der Waals surface area contributed by atoms with Gasteiger partial charge in [0.15, 0.2) is 0 Å². The highest BCUT2D eigenvalue weighted by Gasteiger charge is 2.56. The highest BCUT2D eigenvalue weighted by molar-refractivity contribution is 6.02. The molecule has 1 N–H and O–H groups in total. The van der Waals surface area contributed by atoms with E-state index in [1.54, 1.807) is 0 Å². The van der Waals surface area contributed by atoms with Crippen LogP contribution in [0.15, 0.2) is 24.3 Å². The molecule has 2 fully saturated rings. The van der Waals surface area contributed by atoms with Crippen LogP contribution >= 0.6 is 0 Å². The van der Waals surface area contributed by atoms with Gasteiger partial charge in [-0.15, -0.1) is 0 Å². The zero-order valence-corrected chi connectivity index (χ0v) is 16.4. The van der Waals surface area contributed by atoms with Crippen LogP contribution in [0.3, 0.4) is 0 Å². The summed E-state index contributed by atoms with van der Waals surface area (Å²) < 4.78 is 5.86. The molecule has 0 bridgehead atoms. The Morgan fingerprint density at radius 3 is 2.67 bits per heavy atom. The van der Waals surface area contributed by atoms with Crippen molar-refractivity contribution in [1.29, 1.82) is 0 Å². The Morgan fingerprint density at radius 2 is 2.00 bits per heavy atom. The van der Waals surface area contributed by atoms with Crippen molar-refractivity contribution < 1.29 is 14.3 Å². The molecule has 0 unspecified atom stereocenters. The highest BCUT2D eigenvalue weighted by Crippen LogP contribution is 2.50. The van der Waals surface area contributed by atoms with Gasteiger partial charge < -0.3 is 15.0 Å². The first-order valence-electron chi connectivity index (χ1n) is 10.4. The fourth-order valence-electron chi connectivity index (χ4n) is 5.29. The van der Waals surface area contributed by atoms with E-state index in [2.05, 4.69) is 5.32 Å². The van der Waals surface area contributed by atoms with Gasteiger partial charge in [-0.2, -0.15) is 0 Å². The first kappa shape index (κ1) is 18.5. The maximum absolute atomic E-state index is 13.5. The van der Waals surface area contributed by atoms with Gasteiger partial charge in [-0.25, -0.2) is 0 Å². The molecule has 1 saturated carbocycles. The molecule has 1 saturated heterocycles. The highest BCUT2D eigenvalue weighted by atomic mass is 16.5. The third-order valence-electron chi connectivity index (χ3n) is 6.39. The molecule has 146 valence electrons. The first-order valence-corrected chi connectivity index (χ1v) is 10.4. The second-order valence-corrected chi connectivity index (χ2v) is 8.55. The Kier molecular flexibility index (Phi) is 4.97. The van der Waals surface area contributed by atoms with Crippen LogP contribution < -0.4 is 5.32 Å². The lowest BCUT2D eigenvalue weighted by Crippen LogP contribution is -2.62. The number of hydrogen-bond donors (Lipinski definition) is 1. The molecule has 1 spiro atoms. The van der Waals surface area contributed by atoms with Crippen molar-refractivity contribution in [3.8, 4) is 0 Å². The molecule has 3 aliphatic rings. The van der Waals surface area contributed by atoms with Crippen molar-refractivity contribution in [1.82, 2.24) is 10.2 Å². The first-order chi connectivity index (χ1) is 13.0. The number of nitrogens with zero attached hydrogens (tertiary/aromatic N) is 1. The summed E-state index contributed by atoms with van der Waals surface area (Å²) in [5, 5.41) is 3.13. The van der Waals surface area contributed by atoms with Crippen molar-refractivity contribution in [2.24, 2.45) is 0 Å². The number of carbonyl (C=O) groups is 2. The summed E-state index contributed by atoms with van der Waals surface area (Å²) >= 11 is 0. The topological polar surface area (TPSA) is 58.6 Å². The Hall–Kier alpha value is -1.88. The van der Waals surface area contributed by atoms with Gasteiger partial charge in [0.05, 0.1) is 17.6 Å². The second-order valence-electron chi connectivity index (χ2n) is 8.55. The largest absolute Gasteiger partial charge is 0.376 e. The van der Waals surface area contributed by atoms with Crippen LogP contribution in [0.4, 0.5) is 0 Å². The van der Waals surface area contributed by atoms with Crippen LogP contribution in [0, 0.1) is 0 Å².